The van der Waals surface area contributed by atoms with Crippen LogP contribution < -0.4 is 4.90 Å². The molecule has 2 atom stereocenters. The molecule has 0 spiro atoms. The van der Waals surface area contributed by atoms with Gasteiger partial charge in [0.15, 0.2) is 5.13 Å². The van der Waals surface area contributed by atoms with E-state index in [1.165, 1.54) is 21.7 Å². The van der Waals surface area contributed by atoms with Crippen LogP contribution in [0.25, 0.3) is 10.2 Å². The lowest BCUT2D eigenvalue weighted by atomic mass is 10.1. The summed E-state index contributed by atoms with van der Waals surface area (Å²) >= 11 is 8.47. The van der Waals surface area contributed by atoms with Crippen LogP contribution in [0, 0.1) is 13.8 Å². The summed E-state index contributed by atoms with van der Waals surface area (Å²) in [5.41, 5.74) is 3.11. The van der Waals surface area contributed by atoms with E-state index in [-0.39, 0.29) is 16.2 Å². The van der Waals surface area contributed by atoms with Crippen LogP contribution in [-0.4, -0.2) is 55.5 Å². The Bertz CT molecular complexity index is 1330. The zero-order valence-corrected chi connectivity index (χ0v) is 22.2. The molecule has 5 rings (SSSR count). The van der Waals surface area contributed by atoms with Crippen LogP contribution >= 0.6 is 34.3 Å². The molecule has 1 amide bonds. The minimum absolute atomic E-state index is 0.0821. The molecule has 0 radical (unpaired) electrons. The molecule has 182 valence electrons. The molecule has 4 heterocycles. The van der Waals surface area contributed by atoms with Crippen molar-refractivity contribution in [2.24, 2.45) is 0 Å². The summed E-state index contributed by atoms with van der Waals surface area (Å²) in [5.74, 6) is -0.243. The highest BCUT2D eigenvalue weighted by atomic mass is 35.5. The molecule has 0 N–H and O–H groups in total. The molecule has 2 unspecified atom stereocenters. The Kier molecular flexibility index (Phi) is 6.73. The number of fused-ring (bicyclic) bond motifs is 1. The van der Waals surface area contributed by atoms with Gasteiger partial charge >= 0.3 is 0 Å². The molecular formula is C23H26ClN3O4S3. The molecule has 0 aliphatic carbocycles. The number of carbonyl (C=O) groups excluding carboxylic acids is 1. The zero-order chi connectivity index (χ0) is 24.0. The van der Waals surface area contributed by atoms with Crippen LogP contribution in [0.2, 0.25) is 4.34 Å². The number of benzene rings is 1. The maximum atomic E-state index is 14.0. The lowest BCUT2D eigenvalue weighted by Crippen LogP contribution is -2.49. The van der Waals surface area contributed by atoms with E-state index >= 15 is 0 Å². The molecular weight excluding hydrogens is 514 g/mol. The number of halogens is 1. The highest BCUT2D eigenvalue weighted by molar-refractivity contribution is 7.91. The normalized spacial score (nSPS) is 21.5. The number of nitrogens with zero attached hydrogens (tertiary/aromatic N) is 3. The number of anilines is 1. The summed E-state index contributed by atoms with van der Waals surface area (Å²) in [5, 5.41) is 0.590. The molecule has 2 aliphatic heterocycles. The Morgan fingerprint density at radius 1 is 1.21 bits per heavy atom. The molecule has 2 saturated heterocycles. The van der Waals surface area contributed by atoms with Gasteiger partial charge in [0.2, 0.25) is 5.91 Å². The van der Waals surface area contributed by atoms with Gasteiger partial charge in [0.25, 0.3) is 10.0 Å². The fraction of sp³-hybridized carbons (Fsp3) is 0.478. The molecule has 2 fully saturated rings. The average molecular weight is 540 g/mol. The van der Waals surface area contributed by atoms with Crippen molar-refractivity contribution in [3.05, 3.63) is 39.7 Å². The van der Waals surface area contributed by atoms with Crippen LogP contribution in [0.1, 0.15) is 36.8 Å². The summed E-state index contributed by atoms with van der Waals surface area (Å²) in [4.78, 5) is 20.5. The van der Waals surface area contributed by atoms with Crippen molar-refractivity contribution in [2.45, 2.75) is 55.9 Å². The lowest BCUT2D eigenvalue weighted by molar-refractivity contribution is -0.122. The van der Waals surface area contributed by atoms with Gasteiger partial charge in [-0.3, -0.25) is 9.69 Å². The minimum atomic E-state index is -3.82. The van der Waals surface area contributed by atoms with Crippen molar-refractivity contribution in [3.63, 3.8) is 0 Å². The van der Waals surface area contributed by atoms with Crippen molar-refractivity contribution in [2.75, 3.05) is 24.6 Å². The van der Waals surface area contributed by atoms with Crippen molar-refractivity contribution in [1.29, 1.82) is 0 Å². The molecule has 2 aliphatic rings. The van der Waals surface area contributed by atoms with Gasteiger partial charge < -0.3 is 4.74 Å². The molecule has 0 bridgehead atoms. The van der Waals surface area contributed by atoms with Crippen molar-refractivity contribution in [3.8, 4) is 0 Å². The van der Waals surface area contributed by atoms with Crippen LogP contribution in [0.4, 0.5) is 5.13 Å². The van der Waals surface area contributed by atoms with Gasteiger partial charge in [-0.25, -0.2) is 13.4 Å². The van der Waals surface area contributed by atoms with Crippen LogP contribution in [0.5, 0.6) is 0 Å². The summed E-state index contributed by atoms with van der Waals surface area (Å²) in [7, 11) is -3.82. The number of ether oxygens (including phenoxy) is 1. The summed E-state index contributed by atoms with van der Waals surface area (Å²) in [6.45, 7) is 5.42. The largest absolute Gasteiger partial charge is 0.376 e. The molecule has 2 aromatic heterocycles. The lowest BCUT2D eigenvalue weighted by Gasteiger charge is -2.29. The number of hydrogen-bond acceptors (Lipinski definition) is 7. The topological polar surface area (TPSA) is 79.8 Å². The second kappa shape index (κ2) is 9.48. The molecule has 34 heavy (non-hydrogen) atoms. The van der Waals surface area contributed by atoms with Crippen molar-refractivity contribution >= 4 is 65.6 Å². The first-order valence-electron chi connectivity index (χ1n) is 11.3. The Labute approximate surface area is 212 Å². The summed E-state index contributed by atoms with van der Waals surface area (Å²) in [6, 6.07) is 6.39. The van der Waals surface area contributed by atoms with Gasteiger partial charge in [-0.15, -0.1) is 11.3 Å². The highest BCUT2D eigenvalue weighted by Crippen LogP contribution is 2.36. The van der Waals surface area contributed by atoms with Gasteiger partial charge in [0, 0.05) is 13.2 Å². The molecule has 7 nitrogen and oxygen atoms in total. The van der Waals surface area contributed by atoms with Gasteiger partial charge in [0.05, 0.1) is 27.2 Å². The summed E-state index contributed by atoms with van der Waals surface area (Å²) in [6.07, 6.45) is 2.84. The first-order chi connectivity index (χ1) is 16.3. The summed E-state index contributed by atoms with van der Waals surface area (Å²) < 4.78 is 35.5. The van der Waals surface area contributed by atoms with Crippen molar-refractivity contribution < 1.29 is 17.9 Å². The molecule has 0 saturated carbocycles. The first kappa shape index (κ1) is 24.1. The fourth-order valence-corrected chi connectivity index (χ4v) is 8.89. The van der Waals surface area contributed by atoms with E-state index in [1.807, 2.05) is 19.9 Å². The number of sulfonamides is 1. The number of thiazole rings is 1. The van der Waals surface area contributed by atoms with Crippen LogP contribution in [-0.2, 0) is 19.6 Å². The van der Waals surface area contributed by atoms with Crippen molar-refractivity contribution in [1.82, 2.24) is 9.29 Å². The number of hydrogen-bond donors (Lipinski definition) is 0. The Balaban J connectivity index is 1.51. The van der Waals surface area contributed by atoms with E-state index in [0.717, 1.165) is 45.5 Å². The number of aromatic nitrogens is 1. The van der Waals surface area contributed by atoms with Crippen LogP contribution in [0.3, 0.4) is 0 Å². The van der Waals surface area contributed by atoms with Gasteiger partial charge in [-0.1, -0.05) is 29.0 Å². The van der Waals surface area contributed by atoms with E-state index in [1.54, 1.807) is 11.0 Å². The number of amides is 1. The van der Waals surface area contributed by atoms with E-state index in [2.05, 4.69) is 6.07 Å². The minimum Gasteiger partial charge on any atom is -0.376 e. The predicted octanol–water partition coefficient (Wildman–Crippen LogP) is 4.99. The predicted molar refractivity (Wildman–Crippen MR) is 137 cm³/mol. The fourth-order valence-electron chi connectivity index (χ4n) is 4.59. The van der Waals surface area contributed by atoms with Gasteiger partial charge in [-0.05, 0) is 68.9 Å². The third-order valence-electron chi connectivity index (χ3n) is 6.58. The second-order valence-corrected chi connectivity index (χ2v) is 13.6. The number of rotatable bonds is 6. The maximum absolute atomic E-state index is 14.0. The van der Waals surface area contributed by atoms with E-state index < -0.39 is 16.1 Å². The Morgan fingerprint density at radius 2 is 2.03 bits per heavy atom. The van der Waals surface area contributed by atoms with E-state index in [0.29, 0.717) is 42.0 Å². The SMILES string of the molecule is Cc1ccc2sc(N(CC3CCCO3)C(=O)C3CCCN3S(=O)(=O)c3ccc(Cl)s3)nc2c1C. The number of thiophene rings is 1. The average Bonchev–Trinajstić information content (AvgIpc) is 3.60. The third kappa shape index (κ3) is 4.40. The smallest absolute Gasteiger partial charge is 0.253 e. The van der Waals surface area contributed by atoms with E-state index in [4.69, 9.17) is 21.3 Å². The van der Waals surface area contributed by atoms with Gasteiger partial charge in [-0.2, -0.15) is 4.31 Å². The second-order valence-electron chi connectivity index (χ2n) is 8.77. The standard InChI is InChI=1S/C23H26ClN3O4S3/c1-14-7-8-18-21(15(14)2)25-23(32-18)26(13-16-5-4-12-31-16)22(28)17-6-3-11-27(17)34(29,30)20-10-9-19(24)33-20/h7-10,16-17H,3-6,11-13H2,1-2H3. The Hall–Kier alpha value is -1.56. The maximum Gasteiger partial charge on any atom is 0.253 e. The monoisotopic (exact) mass is 539 g/mol. The van der Waals surface area contributed by atoms with E-state index in [9.17, 15) is 13.2 Å². The van der Waals surface area contributed by atoms with Gasteiger partial charge in [0.1, 0.15) is 10.3 Å². The molecule has 11 heteroatoms. The molecule has 3 aromatic rings. The Morgan fingerprint density at radius 3 is 2.74 bits per heavy atom. The third-order valence-corrected chi connectivity index (χ3v) is 11.2. The number of aryl methyl sites for hydroxylation is 2. The zero-order valence-electron chi connectivity index (χ0n) is 19.0. The number of carbonyl (C=O) groups is 1. The van der Waals surface area contributed by atoms with Crippen LogP contribution in [0.15, 0.2) is 28.5 Å². The quantitative estimate of drug-likeness (QED) is 0.440. The highest BCUT2D eigenvalue weighted by Gasteiger charge is 2.43. The molecule has 1 aromatic carbocycles. The first-order valence-corrected chi connectivity index (χ1v) is 14.8.